The van der Waals surface area contributed by atoms with Crippen LogP contribution in [-0.2, 0) is 0 Å². The number of halogens is 1. The second-order valence-electron chi connectivity index (χ2n) is 2.25. The molecule has 0 amide bonds. The molecule has 1 nitrogen and oxygen atoms in total. The molecule has 0 heterocycles. The van der Waals surface area contributed by atoms with E-state index in [4.69, 9.17) is 0 Å². The molecule has 1 rings (SSSR count). The van der Waals surface area contributed by atoms with Crippen molar-refractivity contribution in [3.8, 4) is 0 Å². The summed E-state index contributed by atoms with van der Waals surface area (Å²) >= 11 is 0. The van der Waals surface area contributed by atoms with Crippen LogP contribution in [0.2, 0.25) is 0 Å². The summed E-state index contributed by atoms with van der Waals surface area (Å²) in [4.78, 5) is 0. The van der Waals surface area contributed by atoms with E-state index in [-0.39, 0.29) is 5.82 Å². The van der Waals surface area contributed by atoms with Gasteiger partial charge in [0.25, 0.3) is 0 Å². The fraction of sp³-hybridized carbons (Fsp3) is 0.455. The lowest BCUT2D eigenvalue weighted by molar-refractivity contribution is 0.617. The predicted molar refractivity (Wildman–Crippen MR) is 57.3 cm³/mol. The van der Waals surface area contributed by atoms with E-state index in [9.17, 15) is 4.39 Å². The molecule has 1 aromatic rings. The van der Waals surface area contributed by atoms with Crippen molar-refractivity contribution in [3.63, 3.8) is 0 Å². The fourth-order valence-corrected chi connectivity index (χ4v) is 0.698. The molecule has 2 heteroatoms. The third kappa shape index (κ3) is 6.29. The highest BCUT2D eigenvalue weighted by Crippen LogP contribution is 2.06. The van der Waals surface area contributed by atoms with Gasteiger partial charge in [-0.15, -0.1) is 0 Å². The van der Waals surface area contributed by atoms with Gasteiger partial charge >= 0.3 is 0 Å². The number of benzene rings is 1. The zero-order valence-electron chi connectivity index (χ0n) is 9.19. The van der Waals surface area contributed by atoms with Gasteiger partial charge in [-0.2, -0.15) is 0 Å². The van der Waals surface area contributed by atoms with Crippen LogP contribution in [0.3, 0.4) is 0 Å². The van der Waals surface area contributed by atoms with Crippen molar-refractivity contribution in [3.05, 3.63) is 35.1 Å². The van der Waals surface area contributed by atoms with Gasteiger partial charge in [-0.05, 0) is 38.1 Å². The van der Waals surface area contributed by atoms with Crippen LogP contribution in [0.5, 0.6) is 0 Å². The molecule has 0 spiro atoms. The van der Waals surface area contributed by atoms with Crippen LogP contribution in [-0.4, -0.2) is 7.05 Å². The molecule has 13 heavy (non-hydrogen) atoms. The van der Waals surface area contributed by atoms with E-state index in [2.05, 4.69) is 5.73 Å². The second-order valence-corrected chi connectivity index (χ2v) is 2.25. The maximum Gasteiger partial charge on any atom is 0.126 e. The minimum absolute atomic E-state index is 0.116. The van der Waals surface area contributed by atoms with Gasteiger partial charge in [-0.1, -0.05) is 26.0 Å². The predicted octanol–water partition coefficient (Wildman–Crippen LogP) is 3.04. The Morgan fingerprint density at radius 2 is 1.54 bits per heavy atom. The van der Waals surface area contributed by atoms with E-state index in [1.807, 2.05) is 26.8 Å². The van der Waals surface area contributed by atoms with E-state index < -0.39 is 0 Å². The molecule has 0 unspecified atom stereocenters. The van der Waals surface area contributed by atoms with E-state index in [0.717, 1.165) is 5.56 Å². The van der Waals surface area contributed by atoms with Crippen LogP contribution in [0.15, 0.2) is 18.2 Å². The molecule has 0 fully saturated rings. The number of aryl methyl sites for hydroxylation is 2. The molecule has 2 N–H and O–H groups in total. The minimum atomic E-state index is -0.116. The Bertz CT molecular complexity index is 221. The Kier molecular flexibility index (Phi) is 10.3. The van der Waals surface area contributed by atoms with E-state index in [1.54, 1.807) is 13.0 Å². The molecule has 0 aliphatic rings. The van der Waals surface area contributed by atoms with E-state index in [0.29, 0.717) is 5.56 Å². The lowest BCUT2D eigenvalue weighted by atomic mass is 10.2. The standard InChI is InChI=1S/C8H9F.C2H6.CH5N/c1-6-3-4-7(2)8(9)5-6;2*1-2/h3-5H,1-2H3;1-2H3;2H2,1H3. The fourth-order valence-electron chi connectivity index (χ4n) is 0.698. The zero-order chi connectivity index (χ0) is 10.9. The summed E-state index contributed by atoms with van der Waals surface area (Å²) in [5.41, 5.74) is 6.18. The lowest BCUT2D eigenvalue weighted by Crippen LogP contribution is -1.81. The van der Waals surface area contributed by atoms with Crippen LogP contribution < -0.4 is 5.73 Å². The summed E-state index contributed by atoms with van der Waals surface area (Å²) in [5, 5.41) is 0. The highest BCUT2D eigenvalue weighted by Gasteiger charge is 1.93. The maximum absolute atomic E-state index is 12.6. The Morgan fingerprint density at radius 1 is 1.08 bits per heavy atom. The molecule has 0 aliphatic heterocycles. The molecule has 0 saturated carbocycles. The average molecular weight is 185 g/mol. The zero-order valence-corrected chi connectivity index (χ0v) is 9.19. The number of rotatable bonds is 0. The molecule has 0 atom stereocenters. The molecular weight excluding hydrogens is 165 g/mol. The van der Waals surface area contributed by atoms with Gasteiger partial charge in [0, 0.05) is 0 Å². The number of hydrogen-bond donors (Lipinski definition) is 1. The van der Waals surface area contributed by atoms with E-state index in [1.165, 1.54) is 13.1 Å². The second kappa shape index (κ2) is 9.20. The maximum atomic E-state index is 12.6. The van der Waals surface area contributed by atoms with Crippen LogP contribution >= 0.6 is 0 Å². The largest absolute Gasteiger partial charge is 0.333 e. The Balaban J connectivity index is 0. The van der Waals surface area contributed by atoms with Crippen molar-refractivity contribution in [2.24, 2.45) is 5.73 Å². The first-order valence-electron chi connectivity index (χ1n) is 4.50. The molecule has 0 aromatic heterocycles. The highest BCUT2D eigenvalue weighted by atomic mass is 19.1. The SMILES string of the molecule is CC.CN.Cc1ccc(C)c(F)c1. The van der Waals surface area contributed by atoms with E-state index >= 15 is 0 Å². The first-order chi connectivity index (χ1) is 6.20. The summed E-state index contributed by atoms with van der Waals surface area (Å²) in [6.07, 6.45) is 0. The van der Waals surface area contributed by atoms with Gasteiger partial charge in [-0.25, -0.2) is 4.39 Å². The molecule has 0 bridgehead atoms. The van der Waals surface area contributed by atoms with Crippen LogP contribution in [0, 0.1) is 19.7 Å². The summed E-state index contributed by atoms with van der Waals surface area (Å²) < 4.78 is 12.6. The first kappa shape index (κ1) is 14.6. The van der Waals surface area contributed by atoms with Gasteiger partial charge in [0.05, 0.1) is 0 Å². The molecule has 76 valence electrons. The van der Waals surface area contributed by atoms with Crippen molar-refractivity contribution in [1.82, 2.24) is 0 Å². The number of hydrogen-bond acceptors (Lipinski definition) is 1. The van der Waals surface area contributed by atoms with Crippen molar-refractivity contribution < 1.29 is 4.39 Å². The normalized spacial score (nSPS) is 7.62. The third-order valence-electron chi connectivity index (χ3n) is 1.33. The highest BCUT2D eigenvalue weighted by molar-refractivity contribution is 5.21. The lowest BCUT2D eigenvalue weighted by Gasteiger charge is -1.94. The van der Waals surface area contributed by atoms with Gasteiger partial charge < -0.3 is 5.73 Å². The first-order valence-corrected chi connectivity index (χ1v) is 4.50. The van der Waals surface area contributed by atoms with Crippen LogP contribution in [0.1, 0.15) is 25.0 Å². The summed E-state index contributed by atoms with van der Waals surface area (Å²) in [5.74, 6) is -0.116. The van der Waals surface area contributed by atoms with Gasteiger partial charge in [0.1, 0.15) is 5.82 Å². The topological polar surface area (TPSA) is 26.0 Å². The van der Waals surface area contributed by atoms with Crippen molar-refractivity contribution >= 4 is 0 Å². The summed E-state index contributed by atoms with van der Waals surface area (Å²) in [7, 11) is 1.50. The van der Waals surface area contributed by atoms with Crippen LogP contribution in [0.25, 0.3) is 0 Å². The molecule has 0 radical (unpaired) electrons. The summed E-state index contributed by atoms with van der Waals surface area (Å²) in [6.45, 7) is 7.64. The van der Waals surface area contributed by atoms with Gasteiger partial charge in [0.15, 0.2) is 0 Å². The quantitative estimate of drug-likeness (QED) is 0.660. The van der Waals surface area contributed by atoms with Gasteiger partial charge in [0.2, 0.25) is 0 Å². The monoisotopic (exact) mass is 185 g/mol. The molecule has 1 aromatic carbocycles. The average Bonchev–Trinajstić information content (AvgIpc) is 2.18. The molecular formula is C11H20FN. The third-order valence-corrected chi connectivity index (χ3v) is 1.33. The Labute approximate surface area is 80.8 Å². The smallest absolute Gasteiger partial charge is 0.126 e. The minimum Gasteiger partial charge on any atom is -0.333 e. The van der Waals surface area contributed by atoms with Crippen LogP contribution in [0.4, 0.5) is 4.39 Å². The van der Waals surface area contributed by atoms with Crippen molar-refractivity contribution in [2.45, 2.75) is 27.7 Å². The Hall–Kier alpha value is -0.890. The Morgan fingerprint density at radius 3 is 1.85 bits per heavy atom. The molecule has 0 saturated heterocycles. The van der Waals surface area contributed by atoms with Crippen molar-refractivity contribution in [1.29, 1.82) is 0 Å². The summed E-state index contributed by atoms with van der Waals surface area (Å²) in [6, 6.07) is 5.22. The number of nitrogens with two attached hydrogens (primary N) is 1. The molecule has 0 aliphatic carbocycles. The van der Waals surface area contributed by atoms with Crippen molar-refractivity contribution in [2.75, 3.05) is 7.05 Å². The van der Waals surface area contributed by atoms with Gasteiger partial charge in [-0.3, -0.25) is 0 Å².